The van der Waals surface area contributed by atoms with E-state index in [1.807, 2.05) is 23.6 Å². The van der Waals surface area contributed by atoms with Crippen molar-refractivity contribution in [2.45, 2.75) is 25.3 Å². The maximum atomic E-state index is 13.3. The van der Waals surface area contributed by atoms with E-state index < -0.39 is 17.9 Å². The summed E-state index contributed by atoms with van der Waals surface area (Å²) in [6.45, 7) is 0.384. The molecule has 4 nitrogen and oxygen atoms in total. The summed E-state index contributed by atoms with van der Waals surface area (Å²) in [5, 5.41) is 11.4. The summed E-state index contributed by atoms with van der Waals surface area (Å²) in [6, 6.07) is 9.57. The quantitative estimate of drug-likeness (QED) is 0.901. The molecular formula is C18H18FNO3S. The second-order valence-corrected chi connectivity index (χ2v) is 6.89. The van der Waals surface area contributed by atoms with Crippen molar-refractivity contribution in [3.8, 4) is 0 Å². The minimum absolute atomic E-state index is 0.0395. The number of hydrogen-bond acceptors (Lipinski definition) is 3. The molecule has 1 aromatic heterocycles. The highest BCUT2D eigenvalue weighted by atomic mass is 32.1. The summed E-state index contributed by atoms with van der Waals surface area (Å²) in [7, 11) is 0. The lowest BCUT2D eigenvalue weighted by molar-refractivity contribution is -0.151. The van der Waals surface area contributed by atoms with Gasteiger partial charge in [-0.2, -0.15) is 0 Å². The van der Waals surface area contributed by atoms with Gasteiger partial charge in [0.05, 0.1) is 12.0 Å². The molecule has 1 amide bonds. The fourth-order valence-electron chi connectivity index (χ4n) is 3.23. The molecule has 0 saturated carbocycles. The Hall–Kier alpha value is -2.21. The molecule has 1 aromatic carbocycles. The third-order valence-electron chi connectivity index (χ3n) is 4.39. The zero-order valence-electron chi connectivity index (χ0n) is 13.0. The number of aliphatic carboxylic acids is 1. The summed E-state index contributed by atoms with van der Waals surface area (Å²) in [5.41, 5.74) is 0.796. The van der Waals surface area contributed by atoms with E-state index in [4.69, 9.17) is 0 Å². The van der Waals surface area contributed by atoms with E-state index in [2.05, 4.69) is 0 Å². The third-order valence-corrected chi connectivity index (χ3v) is 5.33. The molecular weight excluding hydrogens is 329 g/mol. The maximum Gasteiger partial charge on any atom is 0.308 e. The molecule has 0 bridgehead atoms. The fraction of sp³-hybridized carbons (Fsp3) is 0.333. The summed E-state index contributed by atoms with van der Waals surface area (Å²) >= 11 is 1.46. The van der Waals surface area contributed by atoms with Gasteiger partial charge in [0.2, 0.25) is 5.91 Å². The monoisotopic (exact) mass is 347 g/mol. The number of carbonyl (C=O) groups is 2. The van der Waals surface area contributed by atoms with Crippen LogP contribution < -0.4 is 0 Å². The second kappa shape index (κ2) is 7.13. The lowest BCUT2D eigenvalue weighted by atomic mass is 9.87. The molecule has 2 aromatic rings. The minimum atomic E-state index is -0.878. The van der Waals surface area contributed by atoms with E-state index in [-0.39, 0.29) is 18.1 Å². The summed E-state index contributed by atoms with van der Waals surface area (Å²) in [4.78, 5) is 26.6. The van der Waals surface area contributed by atoms with Gasteiger partial charge in [-0.15, -0.1) is 11.3 Å². The van der Waals surface area contributed by atoms with E-state index in [1.165, 1.54) is 23.5 Å². The number of amides is 1. The van der Waals surface area contributed by atoms with E-state index in [0.29, 0.717) is 19.4 Å². The van der Waals surface area contributed by atoms with Gasteiger partial charge in [-0.3, -0.25) is 9.59 Å². The summed E-state index contributed by atoms with van der Waals surface area (Å²) in [5.74, 6) is -1.83. The molecule has 1 aliphatic rings. The molecule has 126 valence electrons. The van der Waals surface area contributed by atoms with Crippen molar-refractivity contribution in [2.24, 2.45) is 5.92 Å². The zero-order chi connectivity index (χ0) is 17.1. The van der Waals surface area contributed by atoms with Gasteiger partial charge in [0.1, 0.15) is 5.82 Å². The number of halogens is 1. The highest BCUT2D eigenvalue weighted by Crippen LogP contribution is 2.38. The Morgan fingerprint density at radius 2 is 2.17 bits per heavy atom. The van der Waals surface area contributed by atoms with Gasteiger partial charge in [-0.25, -0.2) is 4.39 Å². The normalized spacial score (nSPS) is 21.0. The van der Waals surface area contributed by atoms with Gasteiger partial charge < -0.3 is 10.0 Å². The molecule has 3 rings (SSSR count). The number of benzene rings is 1. The van der Waals surface area contributed by atoms with Crippen molar-refractivity contribution >= 4 is 23.2 Å². The van der Waals surface area contributed by atoms with Crippen LogP contribution in [-0.4, -0.2) is 28.4 Å². The Balaban J connectivity index is 1.84. The van der Waals surface area contributed by atoms with Crippen molar-refractivity contribution in [1.82, 2.24) is 4.90 Å². The lowest BCUT2D eigenvalue weighted by Gasteiger charge is -2.39. The van der Waals surface area contributed by atoms with Crippen molar-refractivity contribution in [3.05, 3.63) is 58.0 Å². The molecule has 1 N–H and O–H groups in total. The number of rotatable bonds is 5. The smallest absolute Gasteiger partial charge is 0.308 e. The molecule has 0 spiro atoms. The van der Waals surface area contributed by atoms with Crippen LogP contribution in [0.15, 0.2) is 41.8 Å². The fourth-order valence-corrected chi connectivity index (χ4v) is 4.13. The second-order valence-electron chi connectivity index (χ2n) is 5.91. The van der Waals surface area contributed by atoms with E-state index in [1.54, 1.807) is 11.0 Å². The van der Waals surface area contributed by atoms with Gasteiger partial charge in [0, 0.05) is 17.8 Å². The van der Waals surface area contributed by atoms with Crippen LogP contribution in [0.3, 0.4) is 0 Å². The Morgan fingerprint density at radius 1 is 1.33 bits per heavy atom. The SMILES string of the molecule is O=C(O)[C@@H]1CCC(=O)N(CCc2cccc(F)c2)[C@H]1c1cccs1. The predicted molar refractivity (Wildman–Crippen MR) is 89.2 cm³/mol. The highest BCUT2D eigenvalue weighted by Gasteiger charge is 2.40. The van der Waals surface area contributed by atoms with Crippen LogP contribution in [0.4, 0.5) is 4.39 Å². The number of carboxylic acid groups (broad SMARTS) is 1. The van der Waals surface area contributed by atoms with Gasteiger partial charge in [0.25, 0.3) is 0 Å². The Kier molecular flexibility index (Phi) is 4.94. The largest absolute Gasteiger partial charge is 0.481 e. The van der Waals surface area contributed by atoms with Crippen LogP contribution in [0.1, 0.15) is 29.3 Å². The van der Waals surface area contributed by atoms with Crippen molar-refractivity contribution in [2.75, 3.05) is 6.54 Å². The molecule has 2 heterocycles. The summed E-state index contributed by atoms with van der Waals surface area (Å²) < 4.78 is 13.3. The lowest BCUT2D eigenvalue weighted by Crippen LogP contribution is -2.45. The first-order valence-corrected chi connectivity index (χ1v) is 8.74. The van der Waals surface area contributed by atoms with Crippen molar-refractivity contribution < 1.29 is 19.1 Å². The molecule has 2 atom stereocenters. The Morgan fingerprint density at radius 3 is 2.83 bits per heavy atom. The van der Waals surface area contributed by atoms with Gasteiger partial charge >= 0.3 is 5.97 Å². The van der Waals surface area contributed by atoms with Crippen LogP contribution in [0.25, 0.3) is 0 Å². The number of carboxylic acids is 1. The topological polar surface area (TPSA) is 57.6 Å². The molecule has 0 aliphatic carbocycles. The molecule has 24 heavy (non-hydrogen) atoms. The van der Waals surface area contributed by atoms with Crippen LogP contribution in [0.2, 0.25) is 0 Å². The number of nitrogens with zero attached hydrogens (tertiary/aromatic N) is 1. The van der Waals surface area contributed by atoms with Crippen molar-refractivity contribution in [3.63, 3.8) is 0 Å². The number of likely N-dealkylation sites (tertiary alicyclic amines) is 1. The molecule has 6 heteroatoms. The third kappa shape index (κ3) is 3.48. The first-order valence-electron chi connectivity index (χ1n) is 7.86. The molecule has 0 unspecified atom stereocenters. The molecule has 0 radical (unpaired) electrons. The molecule has 1 aliphatic heterocycles. The number of piperidine rings is 1. The zero-order valence-corrected chi connectivity index (χ0v) is 13.8. The van der Waals surface area contributed by atoms with Crippen LogP contribution in [0, 0.1) is 11.7 Å². The molecule has 1 fully saturated rings. The van der Waals surface area contributed by atoms with E-state index in [9.17, 15) is 19.1 Å². The minimum Gasteiger partial charge on any atom is -0.481 e. The Labute approximate surface area is 143 Å². The number of thiophene rings is 1. The average Bonchev–Trinajstić information content (AvgIpc) is 3.07. The highest BCUT2D eigenvalue weighted by molar-refractivity contribution is 7.10. The van der Waals surface area contributed by atoms with E-state index in [0.717, 1.165) is 10.4 Å². The van der Waals surface area contributed by atoms with Crippen LogP contribution in [-0.2, 0) is 16.0 Å². The predicted octanol–water partition coefficient (Wildman–Crippen LogP) is 3.49. The van der Waals surface area contributed by atoms with Crippen LogP contribution >= 0.6 is 11.3 Å². The standard InChI is InChI=1S/C18H18FNO3S/c19-13-4-1-3-12(11-13)8-9-20-16(21)7-6-14(18(22)23)17(20)15-5-2-10-24-15/h1-5,10-11,14,17H,6-9H2,(H,22,23)/t14-,17-/m1/s1. The first-order chi connectivity index (χ1) is 11.6. The summed E-state index contributed by atoms with van der Waals surface area (Å²) in [6.07, 6.45) is 1.09. The number of hydrogen-bond donors (Lipinski definition) is 1. The van der Waals surface area contributed by atoms with Gasteiger partial charge in [0.15, 0.2) is 0 Å². The first kappa shape index (κ1) is 16.6. The molecule has 1 saturated heterocycles. The number of carbonyl (C=O) groups excluding carboxylic acids is 1. The van der Waals surface area contributed by atoms with Gasteiger partial charge in [-0.1, -0.05) is 18.2 Å². The van der Waals surface area contributed by atoms with Crippen molar-refractivity contribution in [1.29, 1.82) is 0 Å². The maximum absolute atomic E-state index is 13.3. The van der Waals surface area contributed by atoms with Gasteiger partial charge in [-0.05, 0) is 42.0 Å². The Bertz CT molecular complexity index is 732. The van der Waals surface area contributed by atoms with Crippen LogP contribution in [0.5, 0.6) is 0 Å². The average molecular weight is 347 g/mol. The van der Waals surface area contributed by atoms with E-state index >= 15 is 0 Å².